The first kappa shape index (κ1) is 16.8. The molecule has 122 valence electrons. The zero-order valence-corrected chi connectivity index (χ0v) is 14.0. The quantitative estimate of drug-likeness (QED) is 0.783. The van der Waals surface area contributed by atoms with E-state index in [0.29, 0.717) is 12.0 Å². The lowest BCUT2D eigenvalue weighted by molar-refractivity contribution is 0.0943. The van der Waals surface area contributed by atoms with Crippen molar-refractivity contribution < 1.29 is 4.79 Å². The van der Waals surface area contributed by atoms with Gasteiger partial charge in [0.15, 0.2) is 0 Å². The molecule has 1 aromatic carbocycles. The number of carbonyl (C=O) groups is 1. The predicted octanol–water partition coefficient (Wildman–Crippen LogP) is 3.06. The fourth-order valence-electron chi connectivity index (χ4n) is 3.00. The van der Waals surface area contributed by atoms with Crippen molar-refractivity contribution >= 4 is 11.6 Å². The van der Waals surface area contributed by atoms with Crippen molar-refractivity contribution in [3.8, 4) is 0 Å². The highest BCUT2D eigenvalue weighted by Gasteiger charge is 2.18. The Balaban J connectivity index is 1.91. The molecule has 0 aliphatic heterocycles. The minimum absolute atomic E-state index is 0.00841. The molecular weight excluding hydrogens is 274 g/mol. The molecule has 0 atom stereocenters. The minimum atomic E-state index is -0.00841. The summed E-state index contributed by atoms with van der Waals surface area (Å²) in [4.78, 5) is 12.0. The maximum atomic E-state index is 12.0. The second-order valence-electron chi connectivity index (χ2n) is 6.82. The number of rotatable bonds is 5. The van der Waals surface area contributed by atoms with Crippen molar-refractivity contribution in [3.05, 3.63) is 29.3 Å². The van der Waals surface area contributed by atoms with Gasteiger partial charge in [-0.05, 0) is 76.1 Å². The average molecular weight is 303 g/mol. The summed E-state index contributed by atoms with van der Waals surface area (Å²) in [6, 6.07) is 6.42. The first-order chi connectivity index (χ1) is 10.5. The third kappa shape index (κ3) is 4.73. The van der Waals surface area contributed by atoms with Crippen molar-refractivity contribution in [2.24, 2.45) is 11.7 Å². The molecule has 0 saturated heterocycles. The van der Waals surface area contributed by atoms with Crippen LogP contribution in [0.1, 0.15) is 55.5 Å². The number of anilines is 1. The van der Waals surface area contributed by atoms with E-state index in [4.69, 9.17) is 5.73 Å². The fourth-order valence-corrected chi connectivity index (χ4v) is 3.00. The molecule has 0 aromatic heterocycles. The van der Waals surface area contributed by atoms with Crippen molar-refractivity contribution in [2.45, 2.75) is 58.5 Å². The SMILES string of the molecule is Cc1cc(C(=O)NC(C)C)ccc1NCC1CCC(N)CC1. The molecule has 0 unspecified atom stereocenters. The fraction of sp³-hybridized carbons (Fsp3) is 0.611. The molecule has 1 aromatic rings. The molecule has 1 fully saturated rings. The van der Waals surface area contributed by atoms with Crippen LogP contribution in [-0.2, 0) is 0 Å². The Kier molecular flexibility index (Phi) is 5.83. The normalized spacial score (nSPS) is 21.7. The van der Waals surface area contributed by atoms with Crippen LogP contribution in [0, 0.1) is 12.8 Å². The molecular formula is C18H29N3O. The van der Waals surface area contributed by atoms with E-state index < -0.39 is 0 Å². The molecule has 2 rings (SSSR count). The highest BCUT2D eigenvalue weighted by molar-refractivity contribution is 5.95. The predicted molar refractivity (Wildman–Crippen MR) is 92.2 cm³/mol. The Hall–Kier alpha value is -1.55. The first-order valence-corrected chi connectivity index (χ1v) is 8.36. The van der Waals surface area contributed by atoms with Gasteiger partial charge in [0.1, 0.15) is 0 Å². The van der Waals surface area contributed by atoms with Gasteiger partial charge >= 0.3 is 0 Å². The summed E-state index contributed by atoms with van der Waals surface area (Å²) in [5.74, 6) is 0.703. The number of carbonyl (C=O) groups excluding carboxylic acids is 1. The van der Waals surface area contributed by atoms with E-state index in [1.807, 2.05) is 39.0 Å². The van der Waals surface area contributed by atoms with Crippen LogP contribution in [0.25, 0.3) is 0 Å². The summed E-state index contributed by atoms with van der Waals surface area (Å²) in [6.45, 7) is 6.98. The second kappa shape index (κ2) is 7.63. The van der Waals surface area contributed by atoms with Crippen LogP contribution in [-0.4, -0.2) is 24.5 Å². The third-order valence-corrected chi connectivity index (χ3v) is 4.38. The number of aryl methyl sites for hydroxylation is 1. The molecule has 1 amide bonds. The van der Waals surface area contributed by atoms with Crippen LogP contribution in [0.15, 0.2) is 18.2 Å². The van der Waals surface area contributed by atoms with E-state index >= 15 is 0 Å². The Bertz CT molecular complexity index is 505. The highest BCUT2D eigenvalue weighted by atomic mass is 16.1. The highest BCUT2D eigenvalue weighted by Crippen LogP contribution is 2.24. The Morgan fingerprint density at radius 2 is 1.95 bits per heavy atom. The van der Waals surface area contributed by atoms with E-state index in [-0.39, 0.29) is 11.9 Å². The van der Waals surface area contributed by atoms with Gasteiger partial charge in [-0.3, -0.25) is 4.79 Å². The van der Waals surface area contributed by atoms with Crippen LogP contribution in [0.3, 0.4) is 0 Å². The maximum absolute atomic E-state index is 12.0. The topological polar surface area (TPSA) is 67.2 Å². The van der Waals surface area contributed by atoms with Crippen molar-refractivity contribution in [3.63, 3.8) is 0 Å². The number of nitrogens with one attached hydrogen (secondary N) is 2. The summed E-state index contributed by atoms with van der Waals surface area (Å²) in [5, 5.41) is 6.45. The smallest absolute Gasteiger partial charge is 0.251 e. The monoisotopic (exact) mass is 303 g/mol. The van der Waals surface area contributed by atoms with Gasteiger partial charge in [-0.15, -0.1) is 0 Å². The number of hydrogen-bond donors (Lipinski definition) is 3. The lowest BCUT2D eigenvalue weighted by Gasteiger charge is -2.26. The number of amides is 1. The number of hydrogen-bond acceptors (Lipinski definition) is 3. The molecule has 0 radical (unpaired) electrons. The maximum Gasteiger partial charge on any atom is 0.251 e. The summed E-state index contributed by atoms with van der Waals surface area (Å²) < 4.78 is 0. The summed E-state index contributed by atoms with van der Waals surface area (Å²) in [6.07, 6.45) is 4.70. The Morgan fingerprint density at radius 1 is 1.27 bits per heavy atom. The van der Waals surface area contributed by atoms with E-state index in [1.165, 1.54) is 12.8 Å². The van der Waals surface area contributed by atoms with Crippen molar-refractivity contribution in [2.75, 3.05) is 11.9 Å². The first-order valence-electron chi connectivity index (χ1n) is 8.36. The van der Waals surface area contributed by atoms with Gasteiger partial charge < -0.3 is 16.4 Å². The zero-order chi connectivity index (χ0) is 16.1. The molecule has 1 aliphatic rings. The summed E-state index contributed by atoms with van der Waals surface area (Å²) >= 11 is 0. The van der Waals surface area contributed by atoms with E-state index in [0.717, 1.165) is 36.2 Å². The number of nitrogens with two attached hydrogens (primary N) is 1. The third-order valence-electron chi connectivity index (χ3n) is 4.38. The van der Waals surface area contributed by atoms with Gasteiger partial charge in [0.05, 0.1) is 0 Å². The van der Waals surface area contributed by atoms with Crippen LogP contribution in [0.5, 0.6) is 0 Å². The minimum Gasteiger partial charge on any atom is -0.385 e. The van der Waals surface area contributed by atoms with Gasteiger partial charge in [-0.1, -0.05) is 0 Å². The van der Waals surface area contributed by atoms with Crippen molar-refractivity contribution in [1.82, 2.24) is 5.32 Å². The van der Waals surface area contributed by atoms with Gasteiger partial charge in [-0.25, -0.2) is 0 Å². The molecule has 4 N–H and O–H groups in total. The summed E-state index contributed by atoms with van der Waals surface area (Å²) in [7, 11) is 0. The van der Waals surface area contributed by atoms with E-state index in [1.54, 1.807) is 0 Å². The molecule has 1 aliphatic carbocycles. The lowest BCUT2D eigenvalue weighted by Crippen LogP contribution is -2.30. The Morgan fingerprint density at radius 3 is 2.55 bits per heavy atom. The van der Waals surface area contributed by atoms with Crippen molar-refractivity contribution in [1.29, 1.82) is 0 Å². The molecule has 22 heavy (non-hydrogen) atoms. The Labute approximate surface area is 133 Å². The second-order valence-corrected chi connectivity index (χ2v) is 6.82. The van der Waals surface area contributed by atoms with Gasteiger partial charge in [0.2, 0.25) is 0 Å². The van der Waals surface area contributed by atoms with Gasteiger partial charge in [-0.2, -0.15) is 0 Å². The molecule has 0 heterocycles. The lowest BCUT2D eigenvalue weighted by atomic mass is 9.86. The molecule has 0 bridgehead atoms. The van der Waals surface area contributed by atoms with Crippen LogP contribution in [0.4, 0.5) is 5.69 Å². The zero-order valence-electron chi connectivity index (χ0n) is 14.0. The van der Waals surface area contributed by atoms with E-state index in [2.05, 4.69) is 10.6 Å². The van der Waals surface area contributed by atoms with Crippen LogP contribution in [0.2, 0.25) is 0 Å². The average Bonchev–Trinajstić information content (AvgIpc) is 2.47. The molecule has 4 nitrogen and oxygen atoms in total. The van der Waals surface area contributed by atoms with Gasteiger partial charge in [0.25, 0.3) is 5.91 Å². The molecule has 4 heteroatoms. The molecule has 0 spiro atoms. The van der Waals surface area contributed by atoms with Crippen LogP contribution < -0.4 is 16.4 Å². The number of benzene rings is 1. The largest absolute Gasteiger partial charge is 0.385 e. The summed E-state index contributed by atoms with van der Waals surface area (Å²) in [5.41, 5.74) is 8.91. The molecule has 1 saturated carbocycles. The van der Waals surface area contributed by atoms with Gasteiger partial charge in [0, 0.05) is 29.9 Å². The standard InChI is InChI=1S/C18H29N3O/c1-12(2)21-18(22)15-6-9-17(13(3)10-15)20-11-14-4-7-16(19)8-5-14/h6,9-10,12,14,16,20H,4-5,7-8,11,19H2,1-3H3,(H,21,22). The van der Waals surface area contributed by atoms with Crippen LogP contribution >= 0.6 is 0 Å². The van der Waals surface area contributed by atoms with E-state index in [9.17, 15) is 4.79 Å².